The van der Waals surface area contributed by atoms with E-state index in [-0.39, 0.29) is 0 Å². The Morgan fingerprint density at radius 3 is 1.68 bits per heavy atom. The van der Waals surface area contributed by atoms with E-state index >= 15 is 0 Å². The van der Waals surface area contributed by atoms with E-state index in [4.69, 9.17) is 4.42 Å². The minimum absolute atomic E-state index is 0.931. The topological polar surface area (TPSA) is 18.1 Å². The molecule has 0 spiro atoms. The van der Waals surface area contributed by atoms with Crippen LogP contribution in [0.5, 0.6) is 0 Å². The summed E-state index contributed by atoms with van der Waals surface area (Å²) < 4.78 is 8.39. The molecule has 0 N–H and O–H groups in total. The molecule has 2 nitrogen and oxygen atoms in total. The lowest BCUT2D eigenvalue weighted by Crippen LogP contribution is -1.93. The van der Waals surface area contributed by atoms with Crippen LogP contribution < -0.4 is 0 Å². The van der Waals surface area contributed by atoms with E-state index in [0.29, 0.717) is 0 Å². The number of benzene rings is 4. The Hall–Kier alpha value is -3.52. The Bertz CT molecular complexity index is 1430. The van der Waals surface area contributed by atoms with Crippen molar-refractivity contribution in [3.05, 3.63) is 90.5 Å². The summed E-state index contributed by atoms with van der Waals surface area (Å²) in [6.45, 7) is 10.1. The molecule has 0 saturated carbocycles. The molecule has 6 rings (SSSR count). The average Bonchev–Trinajstić information content (AvgIpc) is 3.37. The van der Waals surface area contributed by atoms with E-state index in [0.717, 1.165) is 22.2 Å². The van der Waals surface area contributed by atoms with E-state index in [2.05, 4.69) is 96.4 Å². The molecule has 31 heavy (non-hydrogen) atoms. The zero-order valence-electron chi connectivity index (χ0n) is 18.9. The molecule has 0 saturated heterocycles. The first-order chi connectivity index (χ1) is 15.3. The molecule has 4 aromatic carbocycles. The standard InChI is InChI=1S/C25H17NO.2C2H6/c1-16-10-12-24-20(14-16)21-15-17(11-13-25(21)27-24)26-22-8-4-2-6-18(22)19-7-3-5-9-23(19)26;2*1-2/h2-15H,1H3;2*1-2H3. The second-order valence-corrected chi connectivity index (χ2v) is 7.15. The van der Waals surface area contributed by atoms with Gasteiger partial charge in [0.05, 0.1) is 11.0 Å². The third kappa shape index (κ3) is 3.38. The van der Waals surface area contributed by atoms with Gasteiger partial charge in [-0.15, -0.1) is 0 Å². The Morgan fingerprint density at radius 1 is 0.548 bits per heavy atom. The molecule has 0 aliphatic carbocycles. The first-order valence-electron chi connectivity index (χ1n) is 11.2. The van der Waals surface area contributed by atoms with Gasteiger partial charge in [0.25, 0.3) is 0 Å². The molecule has 6 aromatic rings. The number of hydrogen-bond acceptors (Lipinski definition) is 1. The molecule has 0 atom stereocenters. The summed E-state index contributed by atoms with van der Waals surface area (Å²) in [6.07, 6.45) is 0. The van der Waals surface area contributed by atoms with Crippen molar-refractivity contribution in [3.63, 3.8) is 0 Å². The molecular formula is C29H29NO. The number of furan rings is 1. The van der Waals surface area contributed by atoms with Crippen molar-refractivity contribution in [2.45, 2.75) is 34.6 Å². The lowest BCUT2D eigenvalue weighted by atomic mass is 10.1. The van der Waals surface area contributed by atoms with Gasteiger partial charge in [-0.1, -0.05) is 75.7 Å². The summed E-state index contributed by atoms with van der Waals surface area (Å²) in [5.74, 6) is 0. The van der Waals surface area contributed by atoms with Gasteiger partial charge < -0.3 is 8.98 Å². The van der Waals surface area contributed by atoms with Crippen molar-refractivity contribution in [3.8, 4) is 5.69 Å². The fourth-order valence-corrected chi connectivity index (χ4v) is 4.22. The van der Waals surface area contributed by atoms with Crippen LogP contribution in [-0.2, 0) is 0 Å². The summed E-state index contributed by atoms with van der Waals surface area (Å²) in [5.41, 5.74) is 6.72. The highest BCUT2D eigenvalue weighted by Crippen LogP contribution is 2.35. The average molecular weight is 408 g/mol. The molecule has 2 aromatic heterocycles. The van der Waals surface area contributed by atoms with E-state index in [1.165, 1.54) is 32.8 Å². The number of hydrogen-bond donors (Lipinski definition) is 0. The van der Waals surface area contributed by atoms with Crippen LogP contribution >= 0.6 is 0 Å². The zero-order chi connectivity index (χ0) is 22.0. The molecule has 156 valence electrons. The number of aromatic nitrogens is 1. The maximum atomic E-state index is 6.05. The van der Waals surface area contributed by atoms with Crippen LogP contribution in [0.2, 0.25) is 0 Å². The van der Waals surface area contributed by atoms with Crippen LogP contribution in [0.15, 0.2) is 89.3 Å². The minimum atomic E-state index is 0.931. The summed E-state index contributed by atoms with van der Waals surface area (Å²) >= 11 is 0. The van der Waals surface area contributed by atoms with Gasteiger partial charge in [0, 0.05) is 27.2 Å². The van der Waals surface area contributed by atoms with Crippen LogP contribution in [0.3, 0.4) is 0 Å². The zero-order valence-corrected chi connectivity index (χ0v) is 18.9. The van der Waals surface area contributed by atoms with Crippen LogP contribution in [0.4, 0.5) is 0 Å². The Kier molecular flexibility index (Phi) is 5.81. The molecular weight excluding hydrogens is 378 g/mol. The highest BCUT2D eigenvalue weighted by molar-refractivity contribution is 6.10. The van der Waals surface area contributed by atoms with Gasteiger partial charge in [0.15, 0.2) is 0 Å². The van der Waals surface area contributed by atoms with Gasteiger partial charge in [0.1, 0.15) is 11.2 Å². The molecule has 0 amide bonds. The van der Waals surface area contributed by atoms with E-state index in [9.17, 15) is 0 Å². The number of para-hydroxylation sites is 2. The van der Waals surface area contributed by atoms with Crippen LogP contribution in [0.25, 0.3) is 49.4 Å². The monoisotopic (exact) mass is 407 g/mol. The molecule has 0 unspecified atom stereocenters. The molecule has 2 heterocycles. The van der Waals surface area contributed by atoms with Gasteiger partial charge >= 0.3 is 0 Å². The molecule has 2 heteroatoms. The summed E-state index contributed by atoms with van der Waals surface area (Å²) in [6, 6.07) is 30.0. The van der Waals surface area contributed by atoms with Crippen molar-refractivity contribution < 1.29 is 4.42 Å². The second-order valence-electron chi connectivity index (χ2n) is 7.15. The largest absolute Gasteiger partial charge is 0.456 e. The Labute approximate surface area is 183 Å². The lowest BCUT2D eigenvalue weighted by Gasteiger charge is -2.08. The smallest absolute Gasteiger partial charge is 0.135 e. The SMILES string of the molecule is CC.CC.Cc1ccc2oc3ccc(-n4c5ccccc5c5ccccc54)cc3c2c1. The minimum Gasteiger partial charge on any atom is -0.456 e. The van der Waals surface area contributed by atoms with Gasteiger partial charge in [-0.25, -0.2) is 0 Å². The van der Waals surface area contributed by atoms with E-state index in [1.54, 1.807) is 0 Å². The Balaban J connectivity index is 0.000000549. The highest BCUT2D eigenvalue weighted by Gasteiger charge is 2.13. The van der Waals surface area contributed by atoms with Crippen molar-refractivity contribution in [1.29, 1.82) is 0 Å². The predicted molar refractivity (Wildman–Crippen MR) is 135 cm³/mol. The van der Waals surface area contributed by atoms with Crippen molar-refractivity contribution in [2.24, 2.45) is 0 Å². The second kappa shape index (κ2) is 8.69. The van der Waals surface area contributed by atoms with Crippen molar-refractivity contribution in [2.75, 3.05) is 0 Å². The highest BCUT2D eigenvalue weighted by atomic mass is 16.3. The van der Waals surface area contributed by atoms with Crippen molar-refractivity contribution >= 4 is 43.7 Å². The molecule has 0 radical (unpaired) electrons. The molecule has 0 aliphatic heterocycles. The predicted octanol–water partition coefficient (Wildman–Crippen LogP) is 9.04. The first-order valence-corrected chi connectivity index (χ1v) is 11.2. The van der Waals surface area contributed by atoms with Gasteiger partial charge in [-0.05, 0) is 49.4 Å². The summed E-state index contributed by atoms with van der Waals surface area (Å²) in [5, 5.41) is 4.89. The summed E-state index contributed by atoms with van der Waals surface area (Å²) in [7, 11) is 0. The van der Waals surface area contributed by atoms with Crippen LogP contribution in [0.1, 0.15) is 33.3 Å². The van der Waals surface area contributed by atoms with Gasteiger partial charge in [0.2, 0.25) is 0 Å². The van der Waals surface area contributed by atoms with Crippen LogP contribution in [0, 0.1) is 6.92 Å². The maximum absolute atomic E-state index is 6.05. The van der Waals surface area contributed by atoms with Gasteiger partial charge in [-0.3, -0.25) is 0 Å². The van der Waals surface area contributed by atoms with Gasteiger partial charge in [-0.2, -0.15) is 0 Å². The number of nitrogens with zero attached hydrogens (tertiary/aromatic N) is 1. The third-order valence-electron chi connectivity index (χ3n) is 5.45. The fraction of sp³-hybridized carbons (Fsp3) is 0.172. The maximum Gasteiger partial charge on any atom is 0.135 e. The quantitative estimate of drug-likeness (QED) is 0.266. The Morgan fingerprint density at radius 2 is 1.06 bits per heavy atom. The molecule has 0 bridgehead atoms. The van der Waals surface area contributed by atoms with Crippen LogP contribution in [-0.4, -0.2) is 4.57 Å². The van der Waals surface area contributed by atoms with E-state index < -0.39 is 0 Å². The summed E-state index contributed by atoms with van der Waals surface area (Å²) in [4.78, 5) is 0. The fourth-order valence-electron chi connectivity index (χ4n) is 4.22. The third-order valence-corrected chi connectivity index (χ3v) is 5.45. The molecule has 0 fully saturated rings. The first kappa shape index (κ1) is 20.7. The molecule has 0 aliphatic rings. The normalized spacial score (nSPS) is 10.7. The number of rotatable bonds is 1. The lowest BCUT2D eigenvalue weighted by molar-refractivity contribution is 0.669. The number of fused-ring (bicyclic) bond motifs is 6. The number of aryl methyl sites for hydroxylation is 1. The van der Waals surface area contributed by atoms with Crippen molar-refractivity contribution in [1.82, 2.24) is 4.57 Å². The van der Waals surface area contributed by atoms with E-state index in [1.807, 2.05) is 27.7 Å².